The van der Waals surface area contributed by atoms with Crippen LogP contribution in [-0.4, -0.2) is 7.11 Å². The van der Waals surface area contributed by atoms with Crippen LogP contribution in [0.1, 0.15) is 11.1 Å². The topological polar surface area (TPSA) is 9.23 Å². The van der Waals surface area contributed by atoms with Gasteiger partial charge in [-0.3, -0.25) is 0 Å². The number of hydrogen-bond donors (Lipinski definition) is 0. The van der Waals surface area contributed by atoms with E-state index in [4.69, 9.17) is 4.74 Å². The maximum atomic E-state index is 13.5. The Morgan fingerprint density at radius 1 is 1.31 bits per heavy atom. The third kappa shape index (κ3) is 1.61. The molecule has 1 aromatic carbocycles. The minimum Gasteiger partial charge on any atom is -0.494 e. The van der Waals surface area contributed by atoms with Gasteiger partial charge < -0.3 is 4.74 Å². The number of methoxy groups -OCH3 is 1. The van der Waals surface area contributed by atoms with Crippen LogP contribution in [-0.2, 0) is 0 Å². The second-order valence-electron chi connectivity index (χ2n) is 2.49. The predicted molar refractivity (Wildman–Crippen MR) is 53.1 cm³/mol. The quantitative estimate of drug-likeness (QED) is 0.691. The Hall–Kier alpha value is -1.57. The summed E-state index contributed by atoms with van der Waals surface area (Å²) in [6.07, 6.45) is 3.04. The van der Waals surface area contributed by atoms with Gasteiger partial charge in [0, 0.05) is 5.56 Å². The highest BCUT2D eigenvalue weighted by Crippen LogP contribution is 2.25. The standard InChI is InChI=1S/C11H11FO/c1-4-8-6-7-10(13-3)11(12)9(8)5-2/h4-7H,1-2H2,3H3. The Morgan fingerprint density at radius 2 is 2.00 bits per heavy atom. The minimum atomic E-state index is -0.394. The molecular weight excluding hydrogens is 167 g/mol. The van der Waals surface area contributed by atoms with E-state index in [-0.39, 0.29) is 5.75 Å². The summed E-state index contributed by atoms with van der Waals surface area (Å²) in [5, 5.41) is 0. The Morgan fingerprint density at radius 3 is 2.46 bits per heavy atom. The van der Waals surface area contributed by atoms with Crippen molar-refractivity contribution < 1.29 is 9.13 Å². The molecule has 0 heterocycles. The summed E-state index contributed by atoms with van der Waals surface area (Å²) in [6.45, 7) is 7.11. The first-order valence-corrected chi connectivity index (χ1v) is 3.86. The van der Waals surface area contributed by atoms with E-state index in [9.17, 15) is 4.39 Å². The van der Waals surface area contributed by atoms with Crippen molar-refractivity contribution in [3.63, 3.8) is 0 Å². The second kappa shape index (κ2) is 3.90. The lowest BCUT2D eigenvalue weighted by Crippen LogP contribution is -1.93. The van der Waals surface area contributed by atoms with Gasteiger partial charge in [0.05, 0.1) is 7.11 Å². The predicted octanol–water partition coefficient (Wildman–Crippen LogP) is 3.12. The normalized spacial score (nSPS) is 9.38. The average molecular weight is 178 g/mol. The molecule has 0 spiro atoms. The van der Waals surface area contributed by atoms with Crippen molar-refractivity contribution in [1.82, 2.24) is 0 Å². The molecule has 0 fully saturated rings. The molecule has 0 aliphatic heterocycles. The molecule has 0 atom stereocenters. The van der Waals surface area contributed by atoms with Gasteiger partial charge in [0.15, 0.2) is 11.6 Å². The molecule has 0 bridgehead atoms. The number of rotatable bonds is 3. The molecule has 0 amide bonds. The van der Waals surface area contributed by atoms with Crippen molar-refractivity contribution >= 4 is 12.2 Å². The van der Waals surface area contributed by atoms with E-state index in [2.05, 4.69) is 13.2 Å². The van der Waals surface area contributed by atoms with Crippen LogP contribution in [0.4, 0.5) is 4.39 Å². The van der Waals surface area contributed by atoms with E-state index in [1.54, 1.807) is 18.2 Å². The van der Waals surface area contributed by atoms with Crippen molar-refractivity contribution in [2.75, 3.05) is 7.11 Å². The van der Waals surface area contributed by atoms with Gasteiger partial charge >= 0.3 is 0 Å². The molecule has 0 aliphatic rings. The van der Waals surface area contributed by atoms with E-state index in [1.807, 2.05) is 0 Å². The largest absolute Gasteiger partial charge is 0.494 e. The number of hydrogen-bond acceptors (Lipinski definition) is 1. The Bertz CT molecular complexity index is 342. The van der Waals surface area contributed by atoms with Gasteiger partial charge in [0.1, 0.15) is 0 Å². The van der Waals surface area contributed by atoms with Gasteiger partial charge in [-0.15, -0.1) is 0 Å². The molecule has 0 N–H and O–H groups in total. The summed E-state index contributed by atoms with van der Waals surface area (Å²) >= 11 is 0. The zero-order valence-corrected chi connectivity index (χ0v) is 7.51. The van der Waals surface area contributed by atoms with Gasteiger partial charge in [0.25, 0.3) is 0 Å². The third-order valence-electron chi connectivity index (χ3n) is 1.82. The molecule has 0 aliphatic carbocycles. The summed E-state index contributed by atoms with van der Waals surface area (Å²) in [5.41, 5.74) is 1.14. The van der Waals surface area contributed by atoms with Gasteiger partial charge in [-0.2, -0.15) is 0 Å². The van der Waals surface area contributed by atoms with Crippen LogP contribution in [0.15, 0.2) is 25.3 Å². The fraction of sp³-hybridized carbons (Fsp3) is 0.0909. The highest BCUT2D eigenvalue weighted by molar-refractivity contribution is 5.65. The molecule has 1 nitrogen and oxygen atoms in total. The summed E-state index contributed by atoms with van der Waals surface area (Å²) < 4.78 is 18.3. The van der Waals surface area contributed by atoms with Crippen molar-refractivity contribution in [3.8, 4) is 5.75 Å². The molecule has 13 heavy (non-hydrogen) atoms. The lowest BCUT2D eigenvalue weighted by atomic mass is 10.1. The highest BCUT2D eigenvalue weighted by Gasteiger charge is 2.08. The smallest absolute Gasteiger partial charge is 0.172 e. The van der Waals surface area contributed by atoms with E-state index < -0.39 is 5.82 Å². The lowest BCUT2D eigenvalue weighted by molar-refractivity contribution is 0.386. The van der Waals surface area contributed by atoms with Crippen LogP contribution in [0.2, 0.25) is 0 Å². The minimum absolute atomic E-state index is 0.223. The van der Waals surface area contributed by atoms with E-state index in [1.165, 1.54) is 13.2 Å². The Kier molecular flexibility index (Phi) is 2.85. The van der Waals surface area contributed by atoms with Crippen molar-refractivity contribution in [2.24, 2.45) is 0 Å². The molecule has 0 unspecified atom stereocenters. The monoisotopic (exact) mass is 178 g/mol. The molecule has 68 valence electrons. The van der Waals surface area contributed by atoms with E-state index in [0.717, 1.165) is 0 Å². The zero-order chi connectivity index (χ0) is 9.84. The van der Waals surface area contributed by atoms with Crippen molar-refractivity contribution in [1.29, 1.82) is 0 Å². The average Bonchev–Trinajstić information content (AvgIpc) is 2.17. The maximum absolute atomic E-state index is 13.5. The Labute approximate surface area is 77.2 Å². The number of ether oxygens (including phenoxy) is 1. The van der Waals surface area contributed by atoms with Crippen LogP contribution < -0.4 is 4.74 Å². The summed E-state index contributed by atoms with van der Waals surface area (Å²) in [4.78, 5) is 0. The van der Waals surface area contributed by atoms with Crippen LogP contribution in [0.5, 0.6) is 5.75 Å². The SMILES string of the molecule is C=Cc1ccc(OC)c(F)c1C=C. The van der Waals surface area contributed by atoms with Crippen molar-refractivity contribution in [2.45, 2.75) is 0 Å². The van der Waals surface area contributed by atoms with Gasteiger partial charge in [-0.1, -0.05) is 31.4 Å². The molecular formula is C11H11FO. The van der Waals surface area contributed by atoms with Gasteiger partial charge in [-0.05, 0) is 11.6 Å². The zero-order valence-electron chi connectivity index (χ0n) is 7.51. The summed E-state index contributed by atoms with van der Waals surface area (Å²) in [5.74, 6) is -0.171. The summed E-state index contributed by atoms with van der Waals surface area (Å²) in [6, 6.07) is 3.31. The van der Waals surface area contributed by atoms with Gasteiger partial charge in [0.2, 0.25) is 0 Å². The van der Waals surface area contributed by atoms with Crippen LogP contribution in [0, 0.1) is 5.82 Å². The first-order valence-electron chi connectivity index (χ1n) is 3.86. The molecule has 1 aromatic rings. The Balaban J connectivity index is 3.39. The summed E-state index contributed by atoms with van der Waals surface area (Å²) in [7, 11) is 1.43. The van der Waals surface area contributed by atoms with Crippen LogP contribution in [0.25, 0.3) is 12.2 Å². The van der Waals surface area contributed by atoms with E-state index in [0.29, 0.717) is 11.1 Å². The fourth-order valence-corrected chi connectivity index (χ4v) is 1.13. The first kappa shape index (κ1) is 9.52. The fourth-order valence-electron chi connectivity index (χ4n) is 1.13. The molecule has 1 rings (SSSR count). The van der Waals surface area contributed by atoms with Crippen LogP contribution in [0.3, 0.4) is 0 Å². The molecule has 0 radical (unpaired) electrons. The second-order valence-corrected chi connectivity index (χ2v) is 2.49. The number of benzene rings is 1. The molecule has 0 aromatic heterocycles. The lowest BCUT2D eigenvalue weighted by Gasteiger charge is -2.06. The van der Waals surface area contributed by atoms with Crippen LogP contribution >= 0.6 is 0 Å². The maximum Gasteiger partial charge on any atom is 0.172 e. The molecule has 0 saturated heterocycles. The highest BCUT2D eigenvalue weighted by atomic mass is 19.1. The molecule has 2 heteroatoms. The van der Waals surface area contributed by atoms with E-state index >= 15 is 0 Å². The molecule has 0 saturated carbocycles. The first-order chi connectivity index (χ1) is 6.24. The number of halogens is 1. The van der Waals surface area contributed by atoms with Gasteiger partial charge in [-0.25, -0.2) is 4.39 Å². The third-order valence-corrected chi connectivity index (χ3v) is 1.82. The van der Waals surface area contributed by atoms with Crippen molar-refractivity contribution in [3.05, 3.63) is 42.2 Å².